The van der Waals surface area contributed by atoms with E-state index in [0.29, 0.717) is 40.1 Å². The molecule has 5 rings (SSSR count). The number of benzene rings is 2. The van der Waals surface area contributed by atoms with Crippen LogP contribution >= 0.6 is 11.6 Å². The number of fused-ring (bicyclic) bond motifs is 1. The molecule has 3 heterocycles. The summed E-state index contributed by atoms with van der Waals surface area (Å²) in [6.07, 6.45) is -4.88. The lowest BCUT2D eigenvalue weighted by atomic mass is 10.1. The number of alkyl halides is 3. The van der Waals surface area contributed by atoms with E-state index in [2.05, 4.69) is 10.2 Å². The van der Waals surface area contributed by atoms with Crippen molar-refractivity contribution < 1.29 is 26.4 Å². The molecule has 0 aliphatic carbocycles. The van der Waals surface area contributed by atoms with E-state index in [1.54, 1.807) is 12.1 Å². The van der Waals surface area contributed by atoms with Gasteiger partial charge in [0.2, 0.25) is 10.0 Å². The molecule has 1 amide bonds. The van der Waals surface area contributed by atoms with Crippen LogP contribution in [0.4, 0.5) is 24.7 Å². The number of hydrogen-bond donors (Lipinski definition) is 0. The first-order valence-corrected chi connectivity index (χ1v) is 13.6. The molecule has 8 nitrogen and oxygen atoms in total. The van der Waals surface area contributed by atoms with Crippen molar-refractivity contribution in [1.29, 1.82) is 0 Å². The number of piperazine rings is 1. The summed E-state index contributed by atoms with van der Waals surface area (Å²) >= 11 is 5.93. The molecule has 1 unspecified atom stereocenters. The summed E-state index contributed by atoms with van der Waals surface area (Å²) in [7, 11) is -3.88. The van der Waals surface area contributed by atoms with E-state index in [1.165, 1.54) is 29.4 Å². The third-order valence-electron chi connectivity index (χ3n) is 6.72. The maximum atomic E-state index is 13.3. The second kappa shape index (κ2) is 9.83. The van der Waals surface area contributed by atoms with E-state index in [1.807, 2.05) is 29.2 Å². The van der Waals surface area contributed by atoms with Gasteiger partial charge in [-0.2, -0.15) is 17.5 Å². The molecule has 0 bridgehead atoms. The van der Waals surface area contributed by atoms with Crippen LogP contribution in [0, 0.1) is 0 Å². The number of aromatic nitrogens is 2. The number of carbonyl (C=O) groups is 1. The van der Waals surface area contributed by atoms with Crippen molar-refractivity contribution in [3.05, 3.63) is 65.2 Å². The molecular weight excluding hydrogens is 543 g/mol. The smallest absolute Gasteiger partial charge is 0.352 e. The highest BCUT2D eigenvalue weighted by atomic mass is 35.5. The number of anilines is 2. The summed E-state index contributed by atoms with van der Waals surface area (Å²) in [5, 5.41) is 9.20. The quantitative estimate of drug-likeness (QED) is 0.472. The molecule has 0 N–H and O–H groups in total. The molecule has 2 aliphatic heterocycles. The molecule has 1 aromatic heterocycles. The standard InChI is InChI=1S/C25H23ClF3N5O3S/c1-16-14-18-15-20(6-8-22(18)34(16)24(35)25(27,28)29)38(36,37)33-12-10-32(11-13-33)23-9-7-21(30-31-23)17-2-4-19(26)5-3-17/h2-9,15-16H,10-14H2,1H3. The van der Waals surface area contributed by atoms with Crippen molar-refractivity contribution in [2.24, 2.45) is 0 Å². The first kappa shape index (κ1) is 26.4. The number of hydrogen-bond acceptors (Lipinski definition) is 6. The Morgan fingerprint density at radius 1 is 0.974 bits per heavy atom. The molecule has 200 valence electrons. The predicted octanol–water partition coefficient (Wildman–Crippen LogP) is 4.15. The molecule has 0 spiro atoms. The fraction of sp³-hybridized carbons (Fsp3) is 0.320. The molecule has 1 fully saturated rings. The fourth-order valence-corrected chi connectivity index (χ4v) is 6.39. The van der Waals surface area contributed by atoms with Crippen LogP contribution in [-0.4, -0.2) is 67.2 Å². The highest BCUT2D eigenvalue weighted by molar-refractivity contribution is 7.89. The molecule has 0 saturated carbocycles. The lowest BCUT2D eigenvalue weighted by Gasteiger charge is -2.34. The Kier molecular flexibility index (Phi) is 6.82. The second-order valence-electron chi connectivity index (χ2n) is 9.19. The zero-order valence-electron chi connectivity index (χ0n) is 20.2. The zero-order valence-corrected chi connectivity index (χ0v) is 21.8. The molecule has 38 heavy (non-hydrogen) atoms. The van der Waals surface area contributed by atoms with Crippen LogP contribution < -0.4 is 9.80 Å². The number of rotatable bonds is 4. The number of amides is 1. The molecule has 13 heteroatoms. The number of nitrogens with zero attached hydrogens (tertiary/aromatic N) is 5. The number of sulfonamides is 1. The van der Waals surface area contributed by atoms with Crippen molar-refractivity contribution in [2.45, 2.75) is 30.5 Å². The summed E-state index contributed by atoms with van der Waals surface area (Å²) in [6.45, 7) is 2.69. The fourth-order valence-electron chi connectivity index (χ4n) is 4.79. The molecule has 0 radical (unpaired) electrons. The maximum Gasteiger partial charge on any atom is 0.471 e. The molecule has 2 aliphatic rings. The largest absolute Gasteiger partial charge is 0.471 e. The Morgan fingerprint density at radius 2 is 1.66 bits per heavy atom. The van der Waals surface area contributed by atoms with E-state index < -0.39 is 28.1 Å². The first-order chi connectivity index (χ1) is 17.9. The van der Waals surface area contributed by atoms with Gasteiger partial charge in [-0.05, 0) is 61.4 Å². The lowest BCUT2D eigenvalue weighted by Crippen LogP contribution is -2.49. The third-order valence-corrected chi connectivity index (χ3v) is 8.87. The van der Waals surface area contributed by atoms with Gasteiger partial charge in [-0.25, -0.2) is 8.42 Å². The summed E-state index contributed by atoms with van der Waals surface area (Å²) in [4.78, 5) is 14.5. The van der Waals surface area contributed by atoms with Crippen LogP contribution in [0.1, 0.15) is 12.5 Å². The molecule has 2 aromatic carbocycles. The third kappa shape index (κ3) is 4.95. The highest BCUT2D eigenvalue weighted by Gasteiger charge is 2.47. The second-order valence-corrected chi connectivity index (χ2v) is 11.6. The molecule has 3 aromatic rings. The van der Waals surface area contributed by atoms with Crippen LogP contribution in [0.15, 0.2) is 59.5 Å². The van der Waals surface area contributed by atoms with Gasteiger partial charge in [0.1, 0.15) is 0 Å². The van der Waals surface area contributed by atoms with Gasteiger partial charge in [0.15, 0.2) is 5.82 Å². The van der Waals surface area contributed by atoms with Crippen molar-refractivity contribution in [3.63, 3.8) is 0 Å². The minimum absolute atomic E-state index is 0.00897. The Balaban J connectivity index is 1.27. The predicted molar refractivity (Wildman–Crippen MR) is 137 cm³/mol. The number of carbonyl (C=O) groups excluding carboxylic acids is 1. The Morgan fingerprint density at radius 3 is 2.26 bits per heavy atom. The Hall–Kier alpha value is -3.22. The zero-order chi connectivity index (χ0) is 27.2. The number of halogens is 4. The first-order valence-electron chi connectivity index (χ1n) is 11.8. The monoisotopic (exact) mass is 565 g/mol. The summed E-state index contributed by atoms with van der Waals surface area (Å²) in [6, 6.07) is 14.1. The summed E-state index contributed by atoms with van der Waals surface area (Å²) in [5.41, 5.74) is 2.04. The van der Waals surface area contributed by atoms with Gasteiger partial charge in [0.25, 0.3) is 0 Å². The van der Waals surface area contributed by atoms with Gasteiger partial charge in [-0.1, -0.05) is 23.7 Å². The van der Waals surface area contributed by atoms with Crippen molar-refractivity contribution in [2.75, 3.05) is 36.0 Å². The highest BCUT2D eigenvalue weighted by Crippen LogP contribution is 2.37. The lowest BCUT2D eigenvalue weighted by molar-refractivity contribution is -0.170. The topological polar surface area (TPSA) is 86.7 Å². The minimum atomic E-state index is -5.01. The van der Waals surface area contributed by atoms with E-state index in [9.17, 15) is 26.4 Å². The van der Waals surface area contributed by atoms with Gasteiger partial charge >= 0.3 is 12.1 Å². The van der Waals surface area contributed by atoms with Crippen molar-refractivity contribution in [1.82, 2.24) is 14.5 Å². The van der Waals surface area contributed by atoms with Crippen LogP contribution in [0.3, 0.4) is 0 Å². The van der Waals surface area contributed by atoms with Crippen LogP contribution in [-0.2, 0) is 21.2 Å². The van der Waals surface area contributed by atoms with E-state index in [-0.39, 0.29) is 30.1 Å². The molecule has 1 saturated heterocycles. The van der Waals surface area contributed by atoms with E-state index >= 15 is 0 Å². The normalized spacial score (nSPS) is 18.5. The van der Waals surface area contributed by atoms with Crippen LogP contribution in [0.5, 0.6) is 0 Å². The van der Waals surface area contributed by atoms with Crippen LogP contribution in [0.2, 0.25) is 5.02 Å². The average Bonchev–Trinajstić information content (AvgIpc) is 3.23. The summed E-state index contributed by atoms with van der Waals surface area (Å²) < 4.78 is 67.1. The minimum Gasteiger partial charge on any atom is -0.352 e. The average molecular weight is 566 g/mol. The van der Waals surface area contributed by atoms with Gasteiger partial charge in [0.05, 0.1) is 10.6 Å². The SMILES string of the molecule is CC1Cc2cc(S(=O)(=O)N3CCN(c4ccc(-c5ccc(Cl)cc5)nn4)CC3)ccc2N1C(=O)C(F)(F)F. The molecule has 1 atom stereocenters. The van der Waals surface area contributed by atoms with Gasteiger partial charge in [-0.15, -0.1) is 10.2 Å². The van der Waals surface area contributed by atoms with Gasteiger partial charge in [-0.3, -0.25) is 4.79 Å². The van der Waals surface area contributed by atoms with E-state index in [0.717, 1.165) is 5.56 Å². The molecular formula is C25H23ClF3N5O3S. The van der Waals surface area contributed by atoms with Crippen molar-refractivity contribution >= 4 is 39.0 Å². The van der Waals surface area contributed by atoms with Crippen LogP contribution in [0.25, 0.3) is 11.3 Å². The van der Waals surface area contributed by atoms with Gasteiger partial charge in [0, 0.05) is 48.5 Å². The van der Waals surface area contributed by atoms with Gasteiger partial charge < -0.3 is 9.80 Å². The maximum absolute atomic E-state index is 13.3. The summed E-state index contributed by atoms with van der Waals surface area (Å²) in [5.74, 6) is -1.33. The Bertz CT molecular complexity index is 1460. The van der Waals surface area contributed by atoms with Crippen molar-refractivity contribution in [3.8, 4) is 11.3 Å². The van der Waals surface area contributed by atoms with E-state index in [4.69, 9.17) is 11.6 Å². The Labute approximate surface area is 222 Å².